The zero-order valence-electron chi connectivity index (χ0n) is 13.2. The first-order valence-electron chi connectivity index (χ1n) is 6.69. The second-order valence-electron chi connectivity index (χ2n) is 4.66. The van der Waals surface area contributed by atoms with Crippen molar-refractivity contribution in [1.29, 1.82) is 0 Å². The SMILES string of the molecule is COC(=O)c1sc(NC(=O)CSc2cc(C)nc(C)n2)nc1C. The average molecular weight is 352 g/mol. The Morgan fingerprint density at radius 2 is 2.00 bits per heavy atom. The van der Waals surface area contributed by atoms with Crippen molar-refractivity contribution in [1.82, 2.24) is 15.0 Å². The number of amides is 1. The number of methoxy groups -OCH3 is 1. The minimum atomic E-state index is -0.457. The molecule has 0 aliphatic heterocycles. The summed E-state index contributed by atoms with van der Waals surface area (Å²) in [7, 11) is 1.31. The Bertz CT molecular complexity index is 725. The molecule has 0 fully saturated rings. The highest BCUT2D eigenvalue weighted by molar-refractivity contribution is 7.99. The fraction of sp³-hybridized carbons (Fsp3) is 0.357. The zero-order chi connectivity index (χ0) is 17.0. The molecule has 2 aromatic heterocycles. The van der Waals surface area contributed by atoms with Crippen LogP contribution in [0.3, 0.4) is 0 Å². The Morgan fingerprint density at radius 1 is 1.26 bits per heavy atom. The minimum absolute atomic E-state index is 0.197. The van der Waals surface area contributed by atoms with E-state index in [1.54, 1.807) is 6.92 Å². The number of ether oxygens (including phenoxy) is 1. The van der Waals surface area contributed by atoms with Gasteiger partial charge in [0.15, 0.2) is 5.13 Å². The fourth-order valence-electron chi connectivity index (χ4n) is 1.78. The van der Waals surface area contributed by atoms with Gasteiger partial charge in [-0.1, -0.05) is 23.1 Å². The summed E-state index contributed by atoms with van der Waals surface area (Å²) in [6.07, 6.45) is 0. The molecule has 2 aromatic rings. The van der Waals surface area contributed by atoms with Crippen molar-refractivity contribution >= 4 is 40.1 Å². The summed E-state index contributed by atoms with van der Waals surface area (Å²) >= 11 is 2.41. The van der Waals surface area contributed by atoms with Gasteiger partial charge in [0.2, 0.25) is 5.91 Å². The van der Waals surface area contributed by atoms with E-state index in [0.717, 1.165) is 22.1 Å². The van der Waals surface area contributed by atoms with E-state index in [-0.39, 0.29) is 11.7 Å². The lowest BCUT2D eigenvalue weighted by Crippen LogP contribution is -2.14. The van der Waals surface area contributed by atoms with Gasteiger partial charge in [0.05, 0.1) is 18.6 Å². The lowest BCUT2D eigenvalue weighted by Gasteiger charge is -2.03. The number of nitrogens with zero attached hydrogens (tertiary/aromatic N) is 3. The summed E-state index contributed by atoms with van der Waals surface area (Å²) < 4.78 is 4.66. The first-order chi connectivity index (χ1) is 10.9. The third-order valence-corrected chi connectivity index (χ3v) is 4.67. The van der Waals surface area contributed by atoms with Crippen molar-refractivity contribution in [3.8, 4) is 0 Å². The summed E-state index contributed by atoms with van der Waals surface area (Å²) in [5.74, 6) is 0.198. The molecule has 2 heterocycles. The van der Waals surface area contributed by atoms with Crippen LogP contribution in [0, 0.1) is 20.8 Å². The van der Waals surface area contributed by atoms with E-state index < -0.39 is 5.97 Å². The summed E-state index contributed by atoms with van der Waals surface area (Å²) in [5, 5.41) is 3.80. The Morgan fingerprint density at radius 3 is 2.65 bits per heavy atom. The van der Waals surface area contributed by atoms with E-state index in [1.807, 2.05) is 19.9 Å². The predicted octanol–water partition coefficient (Wildman–Crippen LogP) is 2.38. The fourth-order valence-corrected chi connectivity index (χ4v) is 3.49. The van der Waals surface area contributed by atoms with Gasteiger partial charge in [-0.3, -0.25) is 4.79 Å². The van der Waals surface area contributed by atoms with Crippen LogP contribution < -0.4 is 5.32 Å². The van der Waals surface area contributed by atoms with Crippen LogP contribution in [-0.4, -0.2) is 39.7 Å². The number of aromatic nitrogens is 3. The summed E-state index contributed by atoms with van der Waals surface area (Å²) in [4.78, 5) is 36.5. The van der Waals surface area contributed by atoms with Crippen LogP contribution in [0.1, 0.15) is 26.9 Å². The van der Waals surface area contributed by atoms with Crippen LogP contribution in [0.25, 0.3) is 0 Å². The van der Waals surface area contributed by atoms with E-state index in [9.17, 15) is 9.59 Å². The molecular weight excluding hydrogens is 336 g/mol. The molecule has 0 spiro atoms. The number of hydrogen-bond donors (Lipinski definition) is 1. The Balaban J connectivity index is 1.96. The molecule has 1 N–H and O–H groups in total. The highest BCUT2D eigenvalue weighted by Crippen LogP contribution is 2.24. The molecule has 1 amide bonds. The van der Waals surface area contributed by atoms with Gasteiger partial charge in [-0.15, -0.1) is 0 Å². The molecule has 0 aromatic carbocycles. The van der Waals surface area contributed by atoms with Gasteiger partial charge >= 0.3 is 5.97 Å². The number of rotatable bonds is 5. The van der Waals surface area contributed by atoms with Crippen molar-refractivity contribution in [2.75, 3.05) is 18.2 Å². The molecule has 0 radical (unpaired) electrons. The summed E-state index contributed by atoms with van der Waals surface area (Å²) in [6, 6.07) is 1.83. The van der Waals surface area contributed by atoms with Gasteiger partial charge < -0.3 is 10.1 Å². The van der Waals surface area contributed by atoms with Crippen LogP contribution in [0.4, 0.5) is 5.13 Å². The minimum Gasteiger partial charge on any atom is -0.465 e. The number of thioether (sulfide) groups is 1. The molecule has 0 saturated carbocycles. The number of hydrogen-bond acceptors (Lipinski definition) is 8. The quantitative estimate of drug-likeness (QED) is 0.501. The molecule has 23 heavy (non-hydrogen) atoms. The Labute approximate surface area is 141 Å². The molecule has 0 bridgehead atoms. The summed E-state index contributed by atoms with van der Waals surface area (Å²) in [6.45, 7) is 5.38. The van der Waals surface area contributed by atoms with Gasteiger partial charge in [0, 0.05) is 5.69 Å². The third kappa shape index (κ3) is 4.73. The van der Waals surface area contributed by atoms with Crippen molar-refractivity contribution in [2.45, 2.75) is 25.8 Å². The maximum absolute atomic E-state index is 12.0. The Hall–Kier alpha value is -2.00. The number of aryl methyl sites for hydroxylation is 3. The van der Waals surface area contributed by atoms with E-state index in [1.165, 1.54) is 18.9 Å². The second-order valence-corrected chi connectivity index (χ2v) is 6.65. The summed E-state index contributed by atoms with van der Waals surface area (Å²) in [5.41, 5.74) is 1.39. The van der Waals surface area contributed by atoms with E-state index in [0.29, 0.717) is 21.5 Å². The predicted molar refractivity (Wildman–Crippen MR) is 89.1 cm³/mol. The zero-order valence-corrected chi connectivity index (χ0v) is 14.8. The van der Waals surface area contributed by atoms with Crippen LogP contribution in [-0.2, 0) is 9.53 Å². The van der Waals surface area contributed by atoms with E-state index >= 15 is 0 Å². The van der Waals surface area contributed by atoms with Crippen molar-refractivity contribution < 1.29 is 14.3 Å². The topological polar surface area (TPSA) is 94.1 Å². The molecule has 9 heteroatoms. The molecule has 0 aliphatic carbocycles. The van der Waals surface area contributed by atoms with Gasteiger partial charge in [-0.25, -0.2) is 19.7 Å². The molecule has 7 nitrogen and oxygen atoms in total. The number of thiazole rings is 1. The highest BCUT2D eigenvalue weighted by atomic mass is 32.2. The van der Waals surface area contributed by atoms with Gasteiger partial charge in [0.25, 0.3) is 0 Å². The highest BCUT2D eigenvalue weighted by Gasteiger charge is 2.17. The number of anilines is 1. The van der Waals surface area contributed by atoms with Crippen LogP contribution in [0.15, 0.2) is 11.1 Å². The van der Waals surface area contributed by atoms with Gasteiger partial charge in [-0.2, -0.15) is 0 Å². The van der Waals surface area contributed by atoms with E-state index in [4.69, 9.17) is 0 Å². The molecule has 0 saturated heterocycles. The maximum Gasteiger partial charge on any atom is 0.350 e. The number of nitrogens with one attached hydrogen (secondary N) is 1. The first-order valence-corrected chi connectivity index (χ1v) is 8.50. The van der Waals surface area contributed by atoms with Crippen LogP contribution in [0.2, 0.25) is 0 Å². The lowest BCUT2D eigenvalue weighted by atomic mass is 10.4. The lowest BCUT2D eigenvalue weighted by molar-refractivity contribution is -0.113. The van der Waals surface area contributed by atoms with Gasteiger partial charge in [0.1, 0.15) is 15.7 Å². The average Bonchev–Trinajstić information content (AvgIpc) is 2.84. The van der Waals surface area contributed by atoms with Crippen molar-refractivity contribution in [3.63, 3.8) is 0 Å². The second kappa shape index (κ2) is 7.51. The number of carbonyl (C=O) groups excluding carboxylic acids is 2. The molecule has 0 unspecified atom stereocenters. The standard InChI is InChI=1S/C14H16N4O3S2/c1-7-5-11(17-9(3)15-7)22-6-10(19)18-14-16-8(2)12(23-14)13(20)21-4/h5H,6H2,1-4H3,(H,16,18,19). The molecule has 0 aliphatic rings. The van der Waals surface area contributed by atoms with E-state index in [2.05, 4.69) is 25.0 Å². The largest absolute Gasteiger partial charge is 0.465 e. The third-order valence-electron chi connectivity index (χ3n) is 2.71. The number of esters is 1. The van der Waals surface area contributed by atoms with Gasteiger partial charge in [-0.05, 0) is 26.8 Å². The maximum atomic E-state index is 12.0. The van der Waals surface area contributed by atoms with Crippen molar-refractivity contribution in [2.24, 2.45) is 0 Å². The molecular formula is C14H16N4O3S2. The Kier molecular flexibility index (Phi) is 5.67. The normalized spacial score (nSPS) is 10.4. The van der Waals surface area contributed by atoms with Crippen LogP contribution >= 0.6 is 23.1 Å². The monoisotopic (exact) mass is 352 g/mol. The number of carbonyl (C=O) groups is 2. The molecule has 2 rings (SSSR count). The van der Waals surface area contributed by atoms with Crippen molar-refractivity contribution in [3.05, 3.63) is 28.2 Å². The molecule has 122 valence electrons. The smallest absolute Gasteiger partial charge is 0.350 e. The van der Waals surface area contributed by atoms with Crippen LogP contribution in [0.5, 0.6) is 0 Å². The molecule has 0 atom stereocenters. The first kappa shape index (κ1) is 17.4.